The van der Waals surface area contributed by atoms with E-state index in [9.17, 15) is 19.2 Å². The van der Waals surface area contributed by atoms with Gasteiger partial charge >= 0.3 is 11.9 Å². The minimum Gasteiger partial charge on any atom is -0.466 e. The van der Waals surface area contributed by atoms with Crippen LogP contribution < -0.4 is 22.9 Å². The highest BCUT2D eigenvalue weighted by Crippen LogP contribution is 2.14. The lowest BCUT2D eigenvalue weighted by Gasteiger charge is -2.28. The zero-order valence-electron chi connectivity index (χ0n) is 45.6. The summed E-state index contributed by atoms with van der Waals surface area (Å²) in [5, 5.41) is 0. The topological polar surface area (TPSA) is 197 Å². The molecule has 0 aromatic rings. The summed E-state index contributed by atoms with van der Waals surface area (Å²) >= 11 is 0. The van der Waals surface area contributed by atoms with Crippen LogP contribution in [-0.4, -0.2) is 98.1 Å². The van der Waals surface area contributed by atoms with Crippen molar-refractivity contribution in [3.8, 4) is 0 Å². The number of rotatable bonds is 53. The molecule has 12 nitrogen and oxygen atoms in total. The fourth-order valence-electron chi connectivity index (χ4n) is 8.67. The number of ether oxygens (including phenoxy) is 2. The summed E-state index contributed by atoms with van der Waals surface area (Å²) in [7, 11) is 0. The summed E-state index contributed by atoms with van der Waals surface area (Å²) in [6.07, 6.45) is 49.0. The third-order valence-corrected chi connectivity index (χ3v) is 13.3. The van der Waals surface area contributed by atoms with E-state index in [-0.39, 0.29) is 49.7 Å². The molecule has 0 aromatic carbocycles. The van der Waals surface area contributed by atoms with Crippen LogP contribution in [0.15, 0.2) is 24.3 Å². The number of nitrogens with two attached hydrogens (primary N) is 4. The van der Waals surface area contributed by atoms with E-state index >= 15 is 0 Å². The van der Waals surface area contributed by atoms with Gasteiger partial charge in [0, 0.05) is 26.2 Å². The predicted molar refractivity (Wildman–Crippen MR) is 294 cm³/mol. The van der Waals surface area contributed by atoms with E-state index in [0.29, 0.717) is 65.1 Å². The molecule has 0 fully saturated rings. The quantitative estimate of drug-likeness (QED) is 0.0258. The molecule has 0 rings (SSSR count). The smallest absolute Gasteiger partial charge is 0.307 e. The maximum Gasteiger partial charge on any atom is 0.307 e. The molecule has 12 heteroatoms. The number of esters is 2. The molecule has 2 amide bonds. The van der Waals surface area contributed by atoms with E-state index < -0.39 is 12.1 Å². The maximum absolute atomic E-state index is 13.5. The van der Waals surface area contributed by atoms with Crippen LogP contribution in [0, 0.1) is 0 Å². The van der Waals surface area contributed by atoms with Crippen molar-refractivity contribution in [3.63, 3.8) is 0 Å². The number of hydrogen-bond acceptors (Lipinski definition) is 10. The number of carbonyl (C=O) groups is 4. The first-order chi connectivity index (χ1) is 34.2. The van der Waals surface area contributed by atoms with E-state index in [1.807, 2.05) is 0 Å². The molecule has 0 radical (unpaired) electrons. The van der Waals surface area contributed by atoms with Gasteiger partial charge < -0.3 is 42.2 Å². The van der Waals surface area contributed by atoms with Gasteiger partial charge in [-0.15, -0.1) is 0 Å². The average Bonchev–Trinajstić information content (AvgIpc) is 3.36. The highest BCUT2D eigenvalue weighted by molar-refractivity contribution is 5.83. The fourth-order valence-corrected chi connectivity index (χ4v) is 8.67. The highest BCUT2D eigenvalue weighted by atomic mass is 16.5. The number of unbranched alkanes of at least 4 members (excludes halogenated alkanes) is 27. The van der Waals surface area contributed by atoms with Gasteiger partial charge in [0.25, 0.3) is 0 Å². The Morgan fingerprint density at radius 2 is 0.686 bits per heavy atom. The zero-order chi connectivity index (χ0) is 51.4. The van der Waals surface area contributed by atoms with Gasteiger partial charge in [0.15, 0.2) is 0 Å². The first-order valence-electron chi connectivity index (χ1n) is 29.3. The SMILES string of the molecule is CCCCCCCCC=CCCCCCCCCOC(=O)CCN(CCCCN(CCC(=O)OCCCCCCCCC=CCCCCCCCC)C(=O)[C@@H](N)CCCCN)C(=O)[C@@H](N)CCCCN. The van der Waals surface area contributed by atoms with Crippen molar-refractivity contribution < 1.29 is 28.7 Å². The van der Waals surface area contributed by atoms with Gasteiger partial charge in [-0.05, 0) is 116 Å². The molecular weight excluding hydrogens is 877 g/mol. The lowest BCUT2D eigenvalue weighted by Crippen LogP contribution is -2.46. The van der Waals surface area contributed by atoms with Crippen LogP contribution >= 0.6 is 0 Å². The minimum atomic E-state index is -0.684. The first kappa shape index (κ1) is 67.2. The van der Waals surface area contributed by atoms with Gasteiger partial charge in [0.2, 0.25) is 11.8 Å². The summed E-state index contributed by atoms with van der Waals surface area (Å²) in [6.45, 7) is 7.56. The molecule has 0 aliphatic carbocycles. The largest absolute Gasteiger partial charge is 0.466 e. The number of hydrogen-bond donors (Lipinski definition) is 4. The molecule has 0 saturated heterocycles. The van der Waals surface area contributed by atoms with E-state index in [1.165, 1.54) is 128 Å². The van der Waals surface area contributed by atoms with Gasteiger partial charge in [-0.2, -0.15) is 0 Å². The van der Waals surface area contributed by atoms with Crippen LogP contribution in [0.2, 0.25) is 0 Å². The Hall–Kier alpha value is -2.80. The summed E-state index contributed by atoms with van der Waals surface area (Å²) in [5.41, 5.74) is 24.1. The Labute approximate surface area is 430 Å². The molecule has 0 aliphatic heterocycles. The van der Waals surface area contributed by atoms with Crippen LogP contribution in [0.3, 0.4) is 0 Å². The molecule has 410 valence electrons. The Morgan fingerprint density at radius 1 is 0.386 bits per heavy atom. The standard InChI is InChI=1S/C58H112N6O6/c1-3-5-7-9-11-13-15-17-19-21-23-25-27-29-31-39-51-69-55(65)43-49-63(57(67)53(61)41-33-35-45-59)47-37-38-48-64(58(68)54(62)42-34-36-46-60)50-44-56(66)70-52-40-32-30-28-26-24-22-20-18-16-14-12-10-8-6-4-2/h17-20,53-54H,3-16,21-52,59-62H2,1-2H3/t53-,54-/m0/s1. The van der Waals surface area contributed by atoms with E-state index in [4.69, 9.17) is 32.4 Å². The number of carbonyl (C=O) groups excluding carboxylic acids is 4. The normalized spacial score (nSPS) is 12.5. The van der Waals surface area contributed by atoms with Crippen molar-refractivity contribution in [1.82, 2.24) is 9.80 Å². The maximum atomic E-state index is 13.5. The van der Waals surface area contributed by atoms with E-state index in [0.717, 1.165) is 77.0 Å². The number of allylic oxidation sites excluding steroid dienone is 4. The highest BCUT2D eigenvalue weighted by Gasteiger charge is 2.24. The molecule has 0 bridgehead atoms. The molecule has 0 spiro atoms. The first-order valence-corrected chi connectivity index (χ1v) is 29.3. The third kappa shape index (κ3) is 43.9. The lowest BCUT2D eigenvalue weighted by atomic mass is 10.1. The monoisotopic (exact) mass is 989 g/mol. The Bertz CT molecular complexity index is 1170. The molecule has 0 saturated carbocycles. The van der Waals surface area contributed by atoms with Crippen LogP contribution in [0.5, 0.6) is 0 Å². The second kappa shape index (κ2) is 52.5. The van der Waals surface area contributed by atoms with Crippen molar-refractivity contribution in [2.75, 3.05) is 52.5 Å². The second-order valence-electron chi connectivity index (χ2n) is 20.0. The van der Waals surface area contributed by atoms with Gasteiger partial charge in [0.05, 0.1) is 38.1 Å². The predicted octanol–water partition coefficient (Wildman–Crippen LogP) is 12.3. The van der Waals surface area contributed by atoms with Gasteiger partial charge in [-0.25, -0.2) is 0 Å². The van der Waals surface area contributed by atoms with Gasteiger partial charge in [-0.1, -0.05) is 167 Å². The molecule has 8 N–H and O–H groups in total. The Morgan fingerprint density at radius 3 is 1.00 bits per heavy atom. The van der Waals surface area contributed by atoms with E-state index in [2.05, 4.69) is 38.2 Å². The Balaban J connectivity index is 4.77. The Kier molecular flexibility index (Phi) is 50.4. The number of amides is 2. The molecule has 0 heterocycles. The van der Waals surface area contributed by atoms with Gasteiger partial charge in [0.1, 0.15) is 0 Å². The molecular formula is C58H112N6O6. The lowest BCUT2D eigenvalue weighted by molar-refractivity contribution is -0.146. The van der Waals surface area contributed by atoms with Crippen molar-refractivity contribution in [3.05, 3.63) is 24.3 Å². The van der Waals surface area contributed by atoms with Crippen molar-refractivity contribution in [1.29, 1.82) is 0 Å². The summed E-state index contributed by atoms with van der Waals surface area (Å²) in [4.78, 5) is 56.0. The fraction of sp³-hybridized carbons (Fsp3) is 0.862. The molecule has 2 atom stereocenters. The molecule has 70 heavy (non-hydrogen) atoms. The molecule has 0 aliphatic rings. The zero-order valence-corrected chi connectivity index (χ0v) is 45.6. The van der Waals surface area contributed by atoms with Crippen LogP contribution in [0.1, 0.15) is 258 Å². The van der Waals surface area contributed by atoms with Crippen molar-refractivity contribution in [2.24, 2.45) is 22.9 Å². The second-order valence-corrected chi connectivity index (χ2v) is 20.0. The summed E-state index contributed by atoms with van der Waals surface area (Å²) < 4.78 is 11.1. The van der Waals surface area contributed by atoms with Crippen LogP contribution in [0.4, 0.5) is 0 Å². The van der Waals surface area contributed by atoms with Crippen LogP contribution in [-0.2, 0) is 28.7 Å². The number of nitrogens with zero attached hydrogens (tertiary/aromatic N) is 2. The summed E-state index contributed by atoms with van der Waals surface area (Å²) in [5.74, 6) is -1.03. The van der Waals surface area contributed by atoms with Gasteiger partial charge in [-0.3, -0.25) is 19.2 Å². The minimum absolute atomic E-state index is 0.0925. The third-order valence-electron chi connectivity index (χ3n) is 13.3. The average molecular weight is 990 g/mol. The molecule has 0 unspecified atom stereocenters. The van der Waals surface area contributed by atoms with Crippen molar-refractivity contribution in [2.45, 2.75) is 270 Å². The van der Waals surface area contributed by atoms with Crippen LogP contribution in [0.25, 0.3) is 0 Å². The summed E-state index contributed by atoms with van der Waals surface area (Å²) in [6, 6.07) is -1.37. The van der Waals surface area contributed by atoms with Crippen molar-refractivity contribution >= 4 is 23.8 Å². The van der Waals surface area contributed by atoms with E-state index in [1.54, 1.807) is 9.80 Å². The molecule has 0 aromatic heterocycles.